The van der Waals surface area contributed by atoms with E-state index in [-0.39, 0.29) is 5.92 Å². The minimum atomic E-state index is -0.0420. The lowest BCUT2D eigenvalue weighted by Gasteiger charge is -2.21. The summed E-state index contributed by atoms with van der Waals surface area (Å²) >= 11 is 0. The molecule has 0 N–H and O–H groups in total. The Bertz CT molecular complexity index is 455. The lowest BCUT2D eigenvalue weighted by Crippen LogP contribution is -2.10. The van der Waals surface area contributed by atoms with Crippen LogP contribution in [-0.2, 0) is 0 Å². The fourth-order valence-electron chi connectivity index (χ4n) is 2.30. The Morgan fingerprint density at radius 1 is 1.18 bits per heavy atom. The molecule has 17 heavy (non-hydrogen) atoms. The van der Waals surface area contributed by atoms with Crippen molar-refractivity contribution in [2.75, 3.05) is 7.11 Å². The number of hydrogen-bond donors (Lipinski definition) is 0. The van der Waals surface area contributed by atoms with Crippen LogP contribution in [-0.4, -0.2) is 7.11 Å². The van der Waals surface area contributed by atoms with E-state index in [1.807, 2.05) is 13.0 Å². The molecule has 1 aromatic carbocycles. The van der Waals surface area contributed by atoms with E-state index >= 15 is 0 Å². The SMILES string of the molecule is COc1cc(C)c(C(C#N)C(C)C)c(C)c1C. The molecule has 0 bridgehead atoms. The molecule has 1 unspecified atom stereocenters. The molecule has 0 saturated carbocycles. The second-order valence-electron chi connectivity index (χ2n) is 4.91. The number of nitriles is 1. The number of aryl methyl sites for hydroxylation is 1. The lowest BCUT2D eigenvalue weighted by atomic mass is 9.83. The maximum Gasteiger partial charge on any atom is 0.122 e. The molecule has 0 fully saturated rings. The molecule has 0 heterocycles. The van der Waals surface area contributed by atoms with Gasteiger partial charge >= 0.3 is 0 Å². The molecule has 0 aliphatic heterocycles. The Hall–Kier alpha value is -1.49. The lowest BCUT2D eigenvalue weighted by molar-refractivity contribution is 0.410. The van der Waals surface area contributed by atoms with Crippen LogP contribution in [0.15, 0.2) is 6.07 Å². The third kappa shape index (κ3) is 2.44. The van der Waals surface area contributed by atoms with Crippen LogP contribution in [0.25, 0.3) is 0 Å². The van der Waals surface area contributed by atoms with E-state index in [0.717, 1.165) is 16.9 Å². The number of hydrogen-bond acceptors (Lipinski definition) is 2. The fourth-order valence-corrected chi connectivity index (χ4v) is 2.30. The predicted molar refractivity (Wildman–Crippen MR) is 70.4 cm³/mol. The summed E-state index contributed by atoms with van der Waals surface area (Å²) in [7, 11) is 1.69. The smallest absolute Gasteiger partial charge is 0.122 e. The quantitative estimate of drug-likeness (QED) is 0.790. The van der Waals surface area contributed by atoms with Gasteiger partial charge in [0.05, 0.1) is 19.1 Å². The zero-order valence-corrected chi connectivity index (χ0v) is 11.6. The van der Waals surface area contributed by atoms with Crippen molar-refractivity contribution in [1.29, 1.82) is 5.26 Å². The van der Waals surface area contributed by atoms with E-state index in [4.69, 9.17) is 4.74 Å². The van der Waals surface area contributed by atoms with Crippen LogP contribution in [0.5, 0.6) is 5.75 Å². The molecule has 0 saturated heterocycles. The average molecular weight is 231 g/mol. The first-order valence-electron chi connectivity index (χ1n) is 5.98. The molecule has 0 amide bonds. The summed E-state index contributed by atoms with van der Waals surface area (Å²) < 4.78 is 5.35. The first kappa shape index (κ1) is 13.6. The second kappa shape index (κ2) is 5.23. The van der Waals surface area contributed by atoms with Gasteiger partial charge in [-0.05, 0) is 55.0 Å². The van der Waals surface area contributed by atoms with Crippen LogP contribution in [0.2, 0.25) is 0 Å². The topological polar surface area (TPSA) is 33.0 Å². The molecular weight excluding hydrogens is 210 g/mol. The minimum Gasteiger partial charge on any atom is -0.496 e. The van der Waals surface area contributed by atoms with Crippen LogP contribution in [0.1, 0.15) is 42.0 Å². The second-order valence-corrected chi connectivity index (χ2v) is 4.91. The van der Waals surface area contributed by atoms with Crippen LogP contribution in [0.3, 0.4) is 0 Å². The molecule has 1 aromatic rings. The van der Waals surface area contributed by atoms with Crippen molar-refractivity contribution < 1.29 is 4.74 Å². The molecule has 1 rings (SSSR count). The van der Waals surface area contributed by atoms with Gasteiger partial charge in [-0.1, -0.05) is 13.8 Å². The summed E-state index contributed by atoms with van der Waals surface area (Å²) in [5.41, 5.74) is 4.63. The van der Waals surface area contributed by atoms with Crippen molar-refractivity contribution >= 4 is 0 Å². The van der Waals surface area contributed by atoms with Crippen molar-refractivity contribution in [2.45, 2.75) is 40.5 Å². The molecule has 0 aliphatic rings. The van der Waals surface area contributed by atoms with Gasteiger partial charge in [-0.25, -0.2) is 0 Å². The molecule has 2 nitrogen and oxygen atoms in total. The normalized spacial score (nSPS) is 12.4. The molecule has 0 radical (unpaired) electrons. The van der Waals surface area contributed by atoms with E-state index in [0.29, 0.717) is 5.92 Å². The maximum absolute atomic E-state index is 9.33. The standard InChI is InChI=1S/C15H21NO/c1-9(2)13(8-16)15-10(3)7-14(17-6)11(4)12(15)5/h7,9,13H,1-6H3. The highest BCUT2D eigenvalue weighted by molar-refractivity contribution is 5.51. The molecule has 0 spiro atoms. The van der Waals surface area contributed by atoms with Gasteiger partial charge in [0.1, 0.15) is 5.75 Å². The summed E-state index contributed by atoms with van der Waals surface area (Å²) in [6.07, 6.45) is 0. The van der Waals surface area contributed by atoms with Gasteiger partial charge in [0.25, 0.3) is 0 Å². The van der Waals surface area contributed by atoms with Crippen LogP contribution in [0.4, 0.5) is 0 Å². The Morgan fingerprint density at radius 2 is 1.76 bits per heavy atom. The van der Waals surface area contributed by atoms with Crippen molar-refractivity contribution in [3.63, 3.8) is 0 Å². The van der Waals surface area contributed by atoms with Crippen molar-refractivity contribution in [2.24, 2.45) is 5.92 Å². The maximum atomic E-state index is 9.33. The summed E-state index contributed by atoms with van der Waals surface area (Å²) in [6.45, 7) is 10.4. The van der Waals surface area contributed by atoms with Crippen LogP contribution < -0.4 is 4.74 Å². The fraction of sp³-hybridized carbons (Fsp3) is 0.533. The van der Waals surface area contributed by atoms with Crippen LogP contribution in [0, 0.1) is 38.0 Å². The summed E-state index contributed by atoms with van der Waals surface area (Å²) in [6, 6.07) is 4.46. The zero-order valence-electron chi connectivity index (χ0n) is 11.6. The highest BCUT2D eigenvalue weighted by atomic mass is 16.5. The molecule has 0 aliphatic carbocycles. The van der Waals surface area contributed by atoms with E-state index in [1.54, 1.807) is 7.11 Å². The van der Waals surface area contributed by atoms with Crippen molar-refractivity contribution in [3.8, 4) is 11.8 Å². The monoisotopic (exact) mass is 231 g/mol. The van der Waals surface area contributed by atoms with Gasteiger partial charge in [0.2, 0.25) is 0 Å². The van der Waals surface area contributed by atoms with E-state index in [1.165, 1.54) is 11.1 Å². The molecular formula is C15H21NO. The number of ether oxygens (including phenoxy) is 1. The van der Waals surface area contributed by atoms with Gasteiger partial charge in [0.15, 0.2) is 0 Å². The van der Waals surface area contributed by atoms with Gasteiger partial charge < -0.3 is 4.74 Å². The number of rotatable bonds is 3. The van der Waals surface area contributed by atoms with E-state index < -0.39 is 0 Å². The zero-order chi connectivity index (χ0) is 13.2. The highest BCUT2D eigenvalue weighted by Crippen LogP contribution is 2.35. The molecule has 1 atom stereocenters. The Balaban J connectivity index is 3.45. The van der Waals surface area contributed by atoms with Crippen molar-refractivity contribution in [1.82, 2.24) is 0 Å². The van der Waals surface area contributed by atoms with Gasteiger partial charge in [-0.2, -0.15) is 5.26 Å². The van der Waals surface area contributed by atoms with Gasteiger partial charge in [0, 0.05) is 0 Å². The van der Waals surface area contributed by atoms with Crippen LogP contribution >= 0.6 is 0 Å². The summed E-state index contributed by atoms with van der Waals surface area (Å²) in [5.74, 6) is 1.19. The highest BCUT2D eigenvalue weighted by Gasteiger charge is 2.21. The van der Waals surface area contributed by atoms with Gasteiger partial charge in [-0.15, -0.1) is 0 Å². The number of benzene rings is 1. The third-order valence-corrected chi connectivity index (χ3v) is 3.45. The van der Waals surface area contributed by atoms with Gasteiger partial charge in [-0.3, -0.25) is 0 Å². The Morgan fingerprint density at radius 3 is 2.18 bits per heavy atom. The predicted octanol–water partition coefficient (Wildman–Crippen LogP) is 3.88. The Labute approximate surface area is 104 Å². The molecule has 0 aromatic heterocycles. The first-order valence-corrected chi connectivity index (χ1v) is 5.98. The van der Waals surface area contributed by atoms with E-state index in [2.05, 4.69) is 33.8 Å². The van der Waals surface area contributed by atoms with E-state index in [9.17, 15) is 5.26 Å². The minimum absolute atomic E-state index is 0.0420. The largest absolute Gasteiger partial charge is 0.496 e. The Kier molecular flexibility index (Phi) is 4.17. The van der Waals surface area contributed by atoms with Crippen molar-refractivity contribution in [3.05, 3.63) is 28.3 Å². The number of methoxy groups -OCH3 is 1. The number of nitrogens with zero attached hydrogens (tertiary/aromatic N) is 1. The third-order valence-electron chi connectivity index (χ3n) is 3.45. The summed E-state index contributed by atoms with van der Waals surface area (Å²) in [5, 5.41) is 9.33. The molecule has 92 valence electrons. The summed E-state index contributed by atoms with van der Waals surface area (Å²) in [4.78, 5) is 0. The average Bonchev–Trinajstić information content (AvgIpc) is 2.28. The first-order chi connectivity index (χ1) is 7.93. The molecule has 2 heteroatoms.